The summed E-state index contributed by atoms with van der Waals surface area (Å²) in [6.45, 7) is 2.27. The lowest BCUT2D eigenvalue weighted by atomic mass is 10.1. The van der Waals surface area contributed by atoms with Crippen molar-refractivity contribution in [3.05, 3.63) is 63.9 Å². The molecule has 1 aromatic carbocycles. The molecule has 0 unspecified atom stereocenters. The highest BCUT2D eigenvalue weighted by atomic mass is 79.9. The highest BCUT2D eigenvalue weighted by molar-refractivity contribution is 9.10. The van der Waals surface area contributed by atoms with Crippen molar-refractivity contribution < 1.29 is 9.90 Å². The Morgan fingerprint density at radius 1 is 1.33 bits per heavy atom. The number of amides is 1. The van der Waals surface area contributed by atoms with E-state index in [0.29, 0.717) is 12.2 Å². The third kappa shape index (κ3) is 3.89. The molecule has 0 aliphatic rings. The van der Waals surface area contributed by atoms with Gasteiger partial charge in [-0.2, -0.15) is 0 Å². The second-order valence-corrected chi connectivity index (χ2v) is 5.84. The van der Waals surface area contributed by atoms with E-state index in [1.165, 1.54) is 4.90 Å². The molecule has 2 aromatic rings. The molecule has 0 fully saturated rings. The van der Waals surface area contributed by atoms with Gasteiger partial charge < -0.3 is 10.0 Å². The van der Waals surface area contributed by atoms with Gasteiger partial charge in [-0.15, -0.1) is 0 Å². The second kappa shape index (κ2) is 6.83. The number of aliphatic hydroxyl groups excluding tert-OH is 1. The number of likely N-dealkylation sites (N-methyl/N-ethyl adjacent to an activating group) is 1. The number of halogens is 1. The lowest BCUT2D eigenvalue weighted by Crippen LogP contribution is -2.32. The molecule has 5 heteroatoms. The van der Waals surface area contributed by atoms with Gasteiger partial charge in [-0.05, 0) is 36.2 Å². The van der Waals surface area contributed by atoms with Crippen LogP contribution in [0.5, 0.6) is 0 Å². The number of hydrogen-bond acceptors (Lipinski definition) is 3. The van der Waals surface area contributed by atoms with Crippen molar-refractivity contribution in [1.29, 1.82) is 0 Å². The van der Waals surface area contributed by atoms with Crippen LogP contribution in [-0.4, -0.2) is 27.9 Å². The maximum Gasteiger partial charge on any atom is 0.257 e. The maximum atomic E-state index is 12.3. The van der Waals surface area contributed by atoms with Crippen LogP contribution in [0.4, 0.5) is 0 Å². The summed E-state index contributed by atoms with van der Waals surface area (Å²) in [5.41, 5.74) is 2.21. The van der Waals surface area contributed by atoms with Crippen LogP contribution in [0.1, 0.15) is 22.9 Å². The van der Waals surface area contributed by atoms with E-state index in [4.69, 9.17) is 0 Å². The predicted molar refractivity (Wildman–Crippen MR) is 84.5 cm³/mol. The van der Waals surface area contributed by atoms with Crippen molar-refractivity contribution in [3.63, 3.8) is 0 Å². The minimum Gasteiger partial charge on any atom is -0.377 e. The highest BCUT2D eigenvalue weighted by Gasteiger charge is 2.23. The number of carbonyl (C=O) groups excluding carboxylic acids is 1. The molecule has 110 valence electrons. The number of benzene rings is 1. The average molecular weight is 349 g/mol. The van der Waals surface area contributed by atoms with E-state index >= 15 is 0 Å². The molecule has 0 saturated heterocycles. The summed E-state index contributed by atoms with van der Waals surface area (Å²) < 4.78 is 0.990. The molecule has 0 bridgehead atoms. The molecule has 0 radical (unpaired) electrons. The van der Waals surface area contributed by atoms with Crippen molar-refractivity contribution in [3.8, 4) is 0 Å². The Morgan fingerprint density at radius 2 is 2.00 bits per heavy atom. The molecule has 0 aliphatic carbocycles. The van der Waals surface area contributed by atoms with Gasteiger partial charge in [0.25, 0.3) is 5.91 Å². The molecule has 4 nitrogen and oxygen atoms in total. The second-order valence-electron chi connectivity index (χ2n) is 4.93. The van der Waals surface area contributed by atoms with E-state index in [0.717, 1.165) is 15.6 Å². The van der Waals surface area contributed by atoms with E-state index < -0.39 is 6.10 Å². The van der Waals surface area contributed by atoms with E-state index in [1.54, 1.807) is 19.3 Å². The van der Waals surface area contributed by atoms with E-state index in [9.17, 15) is 9.90 Å². The van der Waals surface area contributed by atoms with Crippen molar-refractivity contribution >= 4 is 21.8 Å². The topological polar surface area (TPSA) is 53.4 Å². The maximum absolute atomic E-state index is 12.3. The van der Waals surface area contributed by atoms with E-state index in [2.05, 4.69) is 20.9 Å². The Kier molecular flexibility index (Phi) is 5.09. The molecule has 1 amide bonds. The molecule has 1 heterocycles. The summed E-state index contributed by atoms with van der Waals surface area (Å²) in [5.74, 6) is -0.361. The van der Waals surface area contributed by atoms with Gasteiger partial charge in [0.05, 0.1) is 5.69 Å². The summed E-state index contributed by atoms with van der Waals surface area (Å²) in [6.07, 6.45) is 0.347. The Bertz CT molecular complexity index is 628. The first-order valence-corrected chi connectivity index (χ1v) is 7.37. The van der Waals surface area contributed by atoms with Crippen LogP contribution in [0.2, 0.25) is 0 Å². The van der Waals surface area contributed by atoms with E-state index in [1.807, 2.05) is 37.3 Å². The van der Waals surface area contributed by atoms with Crippen LogP contribution in [0, 0.1) is 6.92 Å². The van der Waals surface area contributed by atoms with Gasteiger partial charge >= 0.3 is 0 Å². The number of carbonyl (C=O) groups is 1. The Hall–Kier alpha value is -1.72. The van der Waals surface area contributed by atoms with Crippen molar-refractivity contribution in [2.45, 2.75) is 19.6 Å². The first kappa shape index (κ1) is 15.7. The molecular weight excluding hydrogens is 332 g/mol. The normalized spacial score (nSPS) is 12.0. The zero-order chi connectivity index (χ0) is 15.4. The largest absolute Gasteiger partial charge is 0.377 e. The fraction of sp³-hybridized carbons (Fsp3) is 0.250. The van der Waals surface area contributed by atoms with Gasteiger partial charge in [-0.25, -0.2) is 0 Å². The zero-order valence-corrected chi connectivity index (χ0v) is 13.5. The van der Waals surface area contributed by atoms with Gasteiger partial charge in [0.2, 0.25) is 0 Å². The fourth-order valence-corrected chi connectivity index (χ4v) is 2.32. The monoisotopic (exact) mass is 348 g/mol. The molecule has 1 N–H and O–H groups in total. The van der Waals surface area contributed by atoms with Crippen molar-refractivity contribution in [2.24, 2.45) is 0 Å². The summed E-state index contributed by atoms with van der Waals surface area (Å²) in [4.78, 5) is 17.9. The van der Waals surface area contributed by atoms with Crippen molar-refractivity contribution in [2.75, 3.05) is 7.05 Å². The fourth-order valence-electron chi connectivity index (χ4n) is 2.05. The molecule has 0 aliphatic heterocycles. The summed E-state index contributed by atoms with van der Waals surface area (Å²) in [6, 6.07) is 11.3. The Labute approximate surface area is 132 Å². The van der Waals surface area contributed by atoms with Crippen LogP contribution < -0.4 is 0 Å². The van der Waals surface area contributed by atoms with Crippen LogP contribution in [0.3, 0.4) is 0 Å². The van der Waals surface area contributed by atoms with Gasteiger partial charge in [-0.3, -0.25) is 9.78 Å². The number of hydrogen-bond donors (Lipinski definition) is 1. The Balaban J connectivity index is 2.08. The minimum atomic E-state index is -1.23. The molecule has 1 atom stereocenters. The molecular formula is C16H17BrN2O2. The Morgan fingerprint density at radius 3 is 2.62 bits per heavy atom. The molecule has 21 heavy (non-hydrogen) atoms. The quantitative estimate of drug-likeness (QED) is 0.924. The average Bonchev–Trinajstić information content (AvgIpc) is 2.48. The third-order valence-corrected chi connectivity index (χ3v) is 3.78. The number of nitrogens with zero attached hydrogens (tertiary/aromatic N) is 2. The van der Waals surface area contributed by atoms with Gasteiger partial charge in [0.15, 0.2) is 6.10 Å². The number of aromatic nitrogens is 1. The zero-order valence-electron chi connectivity index (χ0n) is 12.0. The SMILES string of the molecule is Cc1cccnc1[C@H](O)C(=O)N(C)Cc1ccc(Br)cc1. The lowest BCUT2D eigenvalue weighted by molar-refractivity contribution is -0.139. The molecule has 2 rings (SSSR count). The van der Waals surface area contributed by atoms with Gasteiger partial charge in [0.1, 0.15) is 0 Å². The van der Waals surface area contributed by atoms with Gasteiger partial charge in [0, 0.05) is 24.3 Å². The third-order valence-electron chi connectivity index (χ3n) is 3.25. The van der Waals surface area contributed by atoms with Crippen molar-refractivity contribution in [1.82, 2.24) is 9.88 Å². The number of aryl methyl sites for hydroxylation is 1. The van der Waals surface area contributed by atoms with Crippen LogP contribution in [0.15, 0.2) is 47.1 Å². The summed E-state index contributed by atoms with van der Waals surface area (Å²) in [7, 11) is 1.67. The minimum absolute atomic E-state index is 0.361. The highest BCUT2D eigenvalue weighted by Crippen LogP contribution is 2.18. The summed E-state index contributed by atoms with van der Waals surface area (Å²) >= 11 is 3.37. The van der Waals surface area contributed by atoms with E-state index in [-0.39, 0.29) is 5.91 Å². The number of aliphatic hydroxyl groups is 1. The van der Waals surface area contributed by atoms with Crippen LogP contribution in [-0.2, 0) is 11.3 Å². The molecule has 0 spiro atoms. The molecule has 1 aromatic heterocycles. The summed E-state index contributed by atoms with van der Waals surface area (Å²) in [5, 5.41) is 10.2. The number of pyridine rings is 1. The first-order valence-electron chi connectivity index (χ1n) is 6.58. The standard InChI is InChI=1S/C16H17BrN2O2/c1-11-4-3-9-18-14(11)15(20)16(21)19(2)10-12-5-7-13(17)8-6-12/h3-9,15,20H,10H2,1-2H3/t15-/m0/s1. The van der Waals surface area contributed by atoms with Crippen LogP contribution >= 0.6 is 15.9 Å². The van der Waals surface area contributed by atoms with Gasteiger partial charge in [-0.1, -0.05) is 34.1 Å². The number of rotatable bonds is 4. The first-order chi connectivity index (χ1) is 9.99. The molecule has 0 saturated carbocycles. The smallest absolute Gasteiger partial charge is 0.257 e. The predicted octanol–water partition coefficient (Wildman–Crippen LogP) is 2.84. The van der Waals surface area contributed by atoms with Crippen LogP contribution in [0.25, 0.3) is 0 Å². The lowest BCUT2D eigenvalue weighted by Gasteiger charge is -2.21.